The van der Waals surface area contributed by atoms with Crippen LogP contribution in [0.4, 0.5) is 18.9 Å². The van der Waals surface area contributed by atoms with Crippen LogP contribution in [-0.2, 0) is 23.1 Å². The Morgan fingerprint density at radius 2 is 1.72 bits per heavy atom. The number of ether oxygens (including phenoxy) is 4. The van der Waals surface area contributed by atoms with Crippen molar-refractivity contribution in [1.29, 1.82) is 0 Å². The number of anilines is 1. The second kappa shape index (κ2) is 6.55. The molecule has 164 valence electrons. The Bertz CT molecular complexity index is 1260. The van der Waals surface area contributed by atoms with Gasteiger partial charge in [-0.1, -0.05) is 18.2 Å². The lowest BCUT2D eigenvalue weighted by atomic mass is 9.85. The third-order valence-corrected chi connectivity index (χ3v) is 6.01. The van der Waals surface area contributed by atoms with Gasteiger partial charge in [0.1, 0.15) is 18.1 Å². The van der Waals surface area contributed by atoms with Gasteiger partial charge in [-0.05, 0) is 36.5 Å². The number of rotatable bonds is 2. The van der Waals surface area contributed by atoms with Crippen molar-refractivity contribution < 1.29 is 36.5 Å². The van der Waals surface area contributed by atoms with Crippen molar-refractivity contribution >= 4 is 23.1 Å². The van der Waals surface area contributed by atoms with Crippen molar-refractivity contribution in [2.75, 3.05) is 18.3 Å². The molecule has 0 bridgehead atoms. The molecule has 0 fully saturated rings. The fourth-order valence-electron chi connectivity index (χ4n) is 4.25. The number of hydrogen-bond acceptors (Lipinski definition) is 6. The summed E-state index contributed by atoms with van der Waals surface area (Å²) in [5, 5.41) is 0.0998. The minimum Gasteiger partial charge on any atom is -0.488 e. The first kappa shape index (κ1) is 19.3. The van der Waals surface area contributed by atoms with Crippen molar-refractivity contribution in [3.05, 3.63) is 71.2 Å². The monoisotopic (exact) mass is 461 g/mol. The lowest BCUT2D eigenvalue weighted by molar-refractivity contribution is -0.153. The Kier molecular flexibility index (Phi) is 3.95. The van der Waals surface area contributed by atoms with Gasteiger partial charge in [0, 0.05) is 17.2 Å². The average molecular weight is 461 g/mol. The Labute approximate surface area is 185 Å². The summed E-state index contributed by atoms with van der Waals surface area (Å²) in [7, 11) is 0. The molecule has 0 N–H and O–H groups in total. The molecular formula is C22H14F3NO5S. The summed E-state index contributed by atoms with van der Waals surface area (Å²) in [5.74, 6) is 0.822. The highest BCUT2D eigenvalue weighted by Crippen LogP contribution is 2.53. The van der Waals surface area contributed by atoms with Gasteiger partial charge in [0.05, 0.1) is 12.2 Å². The molecule has 0 saturated carbocycles. The van der Waals surface area contributed by atoms with Crippen LogP contribution in [0.3, 0.4) is 0 Å². The van der Waals surface area contributed by atoms with Gasteiger partial charge in [-0.15, -0.1) is 0 Å². The van der Waals surface area contributed by atoms with Crippen molar-refractivity contribution in [3.8, 4) is 17.2 Å². The molecule has 2 aromatic carbocycles. The van der Waals surface area contributed by atoms with E-state index in [-0.39, 0.29) is 30.9 Å². The van der Waals surface area contributed by atoms with Crippen molar-refractivity contribution in [2.24, 2.45) is 0 Å². The SMILES string of the molecule is FC(F)(F)c1ccc(CN2C(=S)OC3(COc4cc5c(cc43)OCO5)c3ccccc32)o1. The second-order valence-corrected chi connectivity index (χ2v) is 7.90. The van der Waals surface area contributed by atoms with Crippen molar-refractivity contribution in [3.63, 3.8) is 0 Å². The first-order valence-corrected chi connectivity index (χ1v) is 10.1. The molecule has 10 heteroatoms. The molecule has 6 rings (SSSR count). The largest absolute Gasteiger partial charge is 0.488 e. The molecule has 4 heterocycles. The molecule has 0 amide bonds. The van der Waals surface area contributed by atoms with E-state index < -0.39 is 17.5 Å². The summed E-state index contributed by atoms with van der Waals surface area (Å²) < 4.78 is 67.0. The molecule has 0 radical (unpaired) electrons. The highest BCUT2D eigenvalue weighted by molar-refractivity contribution is 7.80. The van der Waals surface area contributed by atoms with Crippen LogP contribution in [0.1, 0.15) is 22.6 Å². The Hall–Kier alpha value is -3.40. The van der Waals surface area contributed by atoms with Gasteiger partial charge >= 0.3 is 6.18 Å². The maximum atomic E-state index is 12.9. The van der Waals surface area contributed by atoms with Gasteiger partial charge in [0.25, 0.3) is 5.17 Å². The minimum absolute atomic E-state index is 0.0170. The van der Waals surface area contributed by atoms with Crippen LogP contribution in [-0.4, -0.2) is 18.6 Å². The number of halogens is 3. The van der Waals surface area contributed by atoms with Crippen LogP contribution in [0.25, 0.3) is 0 Å². The van der Waals surface area contributed by atoms with Gasteiger partial charge < -0.3 is 23.4 Å². The number of furan rings is 1. The number of benzene rings is 2. The molecular weight excluding hydrogens is 447 g/mol. The quantitative estimate of drug-likeness (QED) is 0.499. The molecule has 3 aliphatic rings. The summed E-state index contributed by atoms with van der Waals surface area (Å²) >= 11 is 5.55. The third-order valence-electron chi connectivity index (χ3n) is 5.71. The third kappa shape index (κ3) is 2.75. The van der Waals surface area contributed by atoms with E-state index in [0.717, 1.165) is 17.2 Å². The van der Waals surface area contributed by atoms with E-state index >= 15 is 0 Å². The number of nitrogens with zero attached hydrogens (tertiary/aromatic N) is 1. The number of hydrogen-bond donors (Lipinski definition) is 0. The van der Waals surface area contributed by atoms with Gasteiger partial charge in [-0.2, -0.15) is 13.2 Å². The predicted octanol–water partition coefficient (Wildman–Crippen LogP) is 4.98. The zero-order valence-electron chi connectivity index (χ0n) is 16.3. The molecule has 3 aliphatic heterocycles. The first-order valence-electron chi connectivity index (χ1n) is 9.68. The van der Waals surface area contributed by atoms with Crippen LogP contribution in [0.5, 0.6) is 17.2 Å². The molecule has 0 saturated heterocycles. The van der Waals surface area contributed by atoms with E-state index in [0.29, 0.717) is 22.9 Å². The zero-order chi connectivity index (χ0) is 22.1. The van der Waals surface area contributed by atoms with Crippen LogP contribution in [0, 0.1) is 0 Å². The van der Waals surface area contributed by atoms with E-state index in [4.69, 9.17) is 35.6 Å². The summed E-state index contributed by atoms with van der Waals surface area (Å²) in [6.45, 7) is 0.282. The Morgan fingerprint density at radius 1 is 0.938 bits per heavy atom. The summed E-state index contributed by atoms with van der Waals surface area (Å²) in [6.07, 6.45) is -4.56. The molecule has 1 spiro atoms. The average Bonchev–Trinajstić information content (AvgIpc) is 3.49. The highest BCUT2D eigenvalue weighted by atomic mass is 32.1. The minimum atomic E-state index is -4.56. The molecule has 32 heavy (non-hydrogen) atoms. The molecule has 1 atom stereocenters. The van der Waals surface area contributed by atoms with E-state index in [2.05, 4.69) is 0 Å². The van der Waals surface area contributed by atoms with Crippen LogP contribution < -0.4 is 19.1 Å². The van der Waals surface area contributed by atoms with Gasteiger partial charge in [-0.25, -0.2) is 0 Å². The Balaban J connectivity index is 1.42. The number of fused-ring (bicyclic) bond motifs is 5. The fourth-order valence-corrected chi connectivity index (χ4v) is 4.56. The van der Waals surface area contributed by atoms with Gasteiger partial charge in [-0.3, -0.25) is 4.90 Å². The number of thiocarbonyl (C=S) groups is 1. The molecule has 1 aromatic heterocycles. The van der Waals surface area contributed by atoms with Gasteiger partial charge in [0.15, 0.2) is 11.5 Å². The standard InChI is InChI=1S/C22H14F3NO5S/c23-22(24,25)19-6-5-12(30-19)9-26-15-4-2-1-3-13(15)21(31-20(26)32)10-27-16-8-18-17(7-14(16)21)28-11-29-18/h1-8H,9-11H2. The molecule has 1 unspecified atom stereocenters. The normalized spacial score (nSPS) is 20.7. The lowest BCUT2D eigenvalue weighted by Gasteiger charge is -2.41. The van der Waals surface area contributed by atoms with Crippen LogP contribution >= 0.6 is 12.2 Å². The first-order chi connectivity index (χ1) is 15.3. The van der Waals surface area contributed by atoms with Gasteiger partial charge in [0.2, 0.25) is 18.2 Å². The maximum Gasteiger partial charge on any atom is 0.449 e. The zero-order valence-corrected chi connectivity index (χ0v) is 17.1. The maximum absolute atomic E-state index is 12.9. The van der Waals surface area contributed by atoms with E-state index in [1.807, 2.05) is 30.3 Å². The van der Waals surface area contributed by atoms with E-state index in [9.17, 15) is 13.2 Å². The molecule has 0 aliphatic carbocycles. The smallest absolute Gasteiger partial charge is 0.449 e. The molecule has 6 nitrogen and oxygen atoms in total. The summed E-state index contributed by atoms with van der Waals surface area (Å²) in [6, 6.07) is 13.2. The topological polar surface area (TPSA) is 53.3 Å². The summed E-state index contributed by atoms with van der Waals surface area (Å²) in [5.41, 5.74) is 1.20. The van der Waals surface area contributed by atoms with E-state index in [1.165, 1.54) is 6.07 Å². The molecule has 3 aromatic rings. The van der Waals surface area contributed by atoms with Crippen LogP contribution in [0.15, 0.2) is 52.9 Å². The van der Waals surface area contributed by atoms with Crippen LogP contribution in [0.2, 0.25) is 0 Å². The second-order valence-electron chi connectivity index (χ2n) is 7.55. The predicted molar refractivity (Wildman–Crippen MR) is 109 cm³/mol. The number of alkyl halides is 3. The summed E-state index contributed by atoms with van der Waals surface area (Å²) in [4.78, 5) is 1.61. The van der Waals surface area contributed by atoms with E-state index in [1.54, 1.807) is 11.0 Å². The van der Waals surface area contributed by atoms with Crippen molar-refractivity contribution in [1.82, 2.24) is 0 Å². The Morgan fingerprint density at radius 3 is 2.50 bits per heavy atom. The highest BCUT2D eigenvalue weighted by Gasteiger charge is 2.51. The van der Waals surface area contributed by atoms with Crippen molar-refractivity contribution in [2.45, 2.75) is 18.3 Å². The lowest BCUT2D eigenvalue weighted by Crippen LogP contribution is -2.47. The number of para-hydroxylation sites is 1. The fraction of sp³-hybridized carbons (Fsp3) is 0.227.